The Morgan fingerprint density at radius 3 is 2.64 bits per heavy atom. The van der Waals surface area contributed by atoms with E-state index in [9.17, 15) is 13.2 Å². The molecule has 1 saturated heterocycles. The predicted molar refractivity (Wildman–Crippen MR) is 82.5 cm³/mol. The van der Waals surface area contributed by atoms with E-state index in [4.69, 9.17) is 9.47 Å². The lowest BCUT2D eigenvalue weighted by Gasteiger charge is -2.22. The average Bonchev–Trinajstić information content (AvgIpc) is 2.48. The van der Waals surface area contributed by atoms with E-state index in [1.807, 2.05) is 6.92 Å². The van der Waals surface area contributed by atoms with E-state index >= 15 is 0 Å². The molecule has 0 saturated carbocycles. The molecule has 1 aromatic rings. The third kappa shape index (κ3) is 4.99. The van der Waals surface area contributed by atoms with Crippen LogP contribution in [0.5, 0.6) is 5.75 Å². The van der Waals surface area contributed by atoms with Crippen molar-refractivity contribution in [1.29, 1.82) is 0 Å². The molecular formula is C15H21NO5S. The van der Waals surface area contributed by atoms with Gasteiger partial charge >= 0.3 is 0 Å². The number of benzene rings is 1. The summed E-state index contributed by atoms with van der Waals surface area (Å²) in [6, 6.07) is 6.34. The van der Waals surface area contributed by atoms with E-state index in [-0.39, 0.29) is 17.4 Å². The summed E-state index contributed by atoms with van der Waals surface area (Å²) in [6.45, 7) is 2.97. The molecule has 1 N–H and O–H groups in total. The molecule has 1 heterocycles. The first kappa shape index (κ1) is 16.8. The second kappa shape index (κ2) is 7.60. The smallest absolute Gasteiger partial charge is 0.264 e. The first-order valence-corrected chi connectivity index (χ1v) is 9.04. The average molecular weight is 327 g/mol. The Morgan fingerprint density at radius 1 is 1.32 bits per heavy atom. The van der Waals surface area contributed by atoms with Crippen molar-refractivity contribution in [2.24, 2.45) is 0 Å². The van der Waals surface area contributed by atoms with Crippen molar-refractivity contribution in [3.8, 4) is 5.75 Å². The van der Waals surface area contributed by atoms with Crippen LogP contribution in [-0.4, -0.2) is 39.4 Å². The number of hydrogen-bond acceptors (Lipinski definition) is 5. The van der Waals surface area contributed by atoms with Crippen molar-refractivity contribution < 1.29 is 22.7 Å². The number of hydrogen-bond donors (Lipinski definition) is 1. The van der Waals surface area contributed by atoms with E-state index in [2.05, 4.69) is 4.72 Å². The molecule has 6 nitrogen and oxygen atoms in total. The molecule has 0 bridgehead atoms. The highest BCUT2D eigenvalue weighted by Gasteiger charge is 2.24. The van der Waals surface area contributed by atoms with Crippen LogP contribution in [0.3, 0.4) is 0 Å². The molecule has 22 heavy (non-hydrogen) atoms. The largest absolute Gasteiger partial charge is 0.494 e. The van der Waals surface area contributed by atoms with Crippen LogP contribution in [-0.2, 0) is 14.8 Å². The molecule has 2 rings (SSSR count). The highest BCUT2D eigenvalue weighted by atomic mass is 32.2. The van der Waals surface area contributed by atoms with Gasteiger partial charge in [-0.1, -0.05) is 0 Å². The van der Waals surface area contributed by atoms with Crippen molar-refractivity contribution in [2.75, 3.05) is 19.0 Å². The van der Waals surface area contributed by atoms with Gasteiger partial charge in [0.25, 0.3) is 5.91 Å². The Morgan fingerprint density at radius 2 is 2.05 bits per heavy atom. The van der Waals surface area contributed by atoms with Gasteiger partial charge in [0.1, 0.15) is 5.75 Å². The van der Waals surface area contributed by atoms with Crippen LogP contribution in [0.25, 0.3) is 0 Å². The maximum Gasteiger partial charge on any atom is 0.264 e. The van der Waals surface area contributed by atoms with Gasteiger partial charge in [0.2, 0.25) is 10.0 Å². The first-order valence-electron chi connectivity index (χ1n) is 7.39. The molecule has 0 aliphatic carbocycles. The topological polar surface area (TPSA) is 81.7 Å². The molecule has 7 heteroatoms. The summed E-state index contributed by atoms with van der Waals surface area (Å²) in [4.78, 5) is 12.0. The summed E-state index contributed by atoms with van der Waals surface area (Å²) in [6.07, 6.45) is 2.28. The minimum Gasteiger partial charge on any atom is -0.494 e. The van der Waals surface area contributed by atoms with Gasteiger partial charge < -0.3 is 9.47 Å². The fraction of sp³-hybridized carbons (Fsp3) is 0.533. The molecule has 1 atom stereocenters. The standard InChI is InChI=1S/C15H21NO5S/c1-2-20-13-8-6-12(7-9-13)15(17)16-22(18,19)11-14-5-3-4-10-21-14/h6-9,14H,2-5,10-11H2,1H3,(H,16,17). The molecule has 1 aliphatic rings. The maximum atomic E-state index is 12.0. The fourth-order valence-corrected chi connectivity index (χ4v) is 3.53. The van der Waals surface area contributed by atoms with Crippen molar-refractivity contribution in [2.45, 2.75) is 32.3 Å². The SMILES string of the molecule is CCOc1ccc(C(=O)NS(=O)(=O)CC2CCCCO2)cc1. The summed E-state index contributed by atoms with van der Waals surface area (Å²) < 4.78 is 36.8. The Hall–Kier alpha value is -1.60. The number of nitrogens with one attached hydrogen (secondary N) is 1. The molecule has 0 aromatic heterocycles. The van der Waals surface area contributed by atoms with E-state index < -0.39 is 15.9 Å². The van der Waals surface area contributed by atoms with E-state index in [1.165, 1.54) is 12.1 Å². The summed E-state index contributed by atoms with van der Waals surface area (Å²) in [5.41, 5.74) is 0.275. The van der Waals surface area contributed by atoms with E-state index in [1.54, 1.807) is 12.1 Å². The lowest BCUT2D eigenvalue weighted by molar-refractivity contribution is 0.0304. The van der Waals surface area contributed by atoms with Gasteiger partial charge in [-0.3, -0.25) is 4.79 Å². The zero-order chi connectivity index (χ0) is 16.0. The van der Waals surface area contributed by atoms with Gasteiger partial charge in [-0.05, 0) is 50.5 Å². The monoisotopic (exact) mass is 327 g/mol. The van der Waals surface area contributed by atoms with Crippen molar-refractivity contribution in [1.82, 2.24) is 4.72 Å². The molecule has 1 aromatic carbocycles. The highest BCUT2D eigenvalue weighted by Crippen LogP contribution is 2.15. The lowest BCUT2D eigenvalue weighted by Crippen LogP contribution is -2.38. The number of sulfonamides is 1. The van der Waals surface area contributed by atoms with Crippen LogP contribution in [0.15, 0.2) is 24.3 Å². The van der Waals surface area contributed by atoms with Gasteiger partial charge in [-0.15, -0.1) is 0 Å². The molecule has 1 unspecified atom stereocenters. The van der Waals surface area contributed by atoms with Gasteiger partial charge in [0.05, 0.1) is 18.5 Å². The lowest BCUT2D eigenvalue weighted by atomic mass is 10.1. The predicted octanol–water partition coefficient (Wildman–Crippen LogP) is 1.71. The van der Waals surface area contributed by atoms with Gasteiger partial charge in [0, 0.05) is 12.2 Å². The summed E-state index contributed by atoms with van der Waals surface area (Å²) in [7, 11) is -3.70. The van der Waals surface area contributed by atoms with Crippen molar-refractivity contribution in [3.05, 3.63) is 29.8 Å². The zero-order valence-corrected chi connectivity index (χ0v) is 13.4. The van der Waals surface area contributed by atoms with Crippen molar-refractivity contribution >= 4 is 15.9 Å². The minimum atomic E-state index is -3.70. The quantitative estimate of drug-likeness (QED) is 0.860. The number of carbonyl (C=O) groups excluding carboxylic acids is 1. The van der Waals surface area contributed by atoms with Gasteiger partial charge in [0.15, 0.2) is 0 Å². The van der Waals surface area contributed by atoms with Crippen LogP contribution >= 0.6 is 0 Å². The number of carbonyl (C=O) groups is 1. The molecule has 0 radical (unpaired) electrons. The van der Waals surface area contributed by atoms with Crippen LogP contribution in [0.1, 0.15) is 36.5 Å². The number of amides is 1. The zero-order valence-electron chi connectivity index (χ0n) is 12.6. The van der Waals surface area contributed by atoms with Gasteiger partial charge in [-0.2, -0.15) is 0 Å². The molecule has 0 spiro atoms. The third-order valence-corrected chi connectivity index (χ3v) is 4.66. The second-order valence-corrected chi connectivity index (χ2v) is 6.93. The van der Waals surface area contributed by atoms with Gasteiger partial charge in [-0.25, -0.2) is 13.1 Å². The Kier molecular flexibility index (Phi) is 5.79. The van der Waals surface area contributed by atoms with Crippen LogP contribution < -0.4 is 9.46 Å². The molecule has 1 aliphatic heterocycles. The summed E-state index contributed by atoms with van der Waals surface area (Å²) >= 11 is 0. The summed E-state index contributed by atoms with van der Waals surface area (Å²) in [5.74, 6) is -0.188. The third-order valence-electron chi connectivity index (χ3n) is 3.36. The van der Waals surface area contributed by atoms with Crippen LogP contribution in [0.4, 0.5) is 0 Å². The maximum absolute atomic E-state index is 12.0. The Labute approximate surface area is 130 Å². The van der Waals surface area contributed by atoms with Crippen molar-refractivity contribution in [3.63, 3.8) is 0 Å². The second-order valence-electron chi connectivity index (χ2n) is 5.16. The molecule has 122 valence electrons. The summed E-state index contributed by atoms with van der Waals surface area (Å²) in [5, 5.41) is 0. The Bertz CT molecular complexity index is 591. The minimum absolute atomic E-state index is 0.185. The van der Waals surface area contributed by atoms with E-state index in [0.29, 0.717) is 25.4 Å². The van der Waals surface area contributed by atoms with Crippen LogP contribution in [0.2, 0.25) is 0 Å². The van der Waals surface area contributed by atoms with Crippen LogP contribution in [0, 0.1) is 0 Å². The molecular weight excluding hydrogens is 306 g/mol. The van der Waals surface area contributed by atoms with E-state index in [0.717, 1.165) is 12.8 Å². The first-order chi connectivity index (χ1) is 10.5. The fourth-order valence-electron chi connectivity index (χ4n) is 2.29. The molecule has 1 amide bonds. The normalized spacial score (nSPS) is 18.7. The number of ether oxygens (including phenoxy) is 2. The highest BCUT2D eigenvalue weighted by molar-refractivity contribution is 7.90. The number of rotatable bonds is 6. The Balaban J connectivity index is 1.94. The molecule has 1 fully saturated rings.